The van der Waals surface area contributed by atoms with Crippen molar-refractivity contribution in [3.05, 3.63) is 205 Å². The molecular weight excluding hydrogens is 677 g/mol. The normalized spacial score (nSPS) is 13.0. The van der Waals surface area contributed by atoms with E-state index in [4.69, 9.17) is 4.42 Å². The SMILES string of the molecule is CC1(C)c2ccc(-c3c4ccccc4c(-c4cc(-c5ccccc5)cc(-c5ccccc5)c4)c4oc5ccccc5c34)cc2-c2ccc(-c3ccccc3)cc21. The molecule has 9 aromatic carbocycles. The average Bonchev–Trinajstić information content (AvgIpc) is 3.74. The van der Waals surface area contributed by atoms with Gasteiger partial charge >= 0.3 is 0 Å². The van der Waals surface area contributed by atoms with Crippen LogP contribution in [-0.4, -0.2) is 0 Å². The summed E-state index contributed by atoms with van der Waals surface area (Å²) < 4.78 is 7.04. The van der Waals surface area contributed by atoms with Crippen molar-refractivity contribution in [3.8, 4) is 66.8 Å². The number of hydrogen-bond donors (Lipinski definition) is 0. The number of rotatable bonds is 5. The fraction of sp³-hybridized carbons (Fsp3) is 0.0545. The standard InChI is InChI=1S/C55H38O/c1-55(2)48-29-27-39(33-47(48)43-28-26-38(34-49(43)55)35-16-6-3-7-17-35)51-44-22-12-13-23-45(44)52(54-53(51)46-24-14-15-25-50(46)56-54)42-31-40(36-18-8-4-9-19-36)30-41(32-42)37-20-10-5-11-21-37/h3-34H,1-2H3. The first kappa shape index (κ1) is 32.5. The summed E-state index contributed by atoms with van der Waals surface area (Å²) in [6, 6.07) is 70.7. The van der Waals surface area contributed by atoms with Crippen molar-refractivity contribution in [2.24, 2.45) is 0 Å². The summed E-state index contributed by atoms with van der Waals surface area (Å²) in [5, 5.41) is 4.66. The van der Waals surface area contributed by atoms with Gasteiger partial charge in [-0.05, 0) is 114 Å². The van der Waals surface area contributed by atoms with Crippen molar-refractivity contribution in [1.29, 1.82) is 0 Å². The Morgan fingerprint density at radius 2 is 0.857 bits per heavy atom. The number of para-hydroxylation sites is 1. The Balaban J connectivity index is 1.19. The van der Waals surface area contributed by atoms with E-state index in [9.17, 15) is 0 Å². The maximum atomic E-state index is 7.04. The number of benzene rings is 9. The van der Waals surface area contributed by atoms with Crippen molar-refractivity contribution in [2.75, 3.05) is 0 Å². The molecule has 0 bridgehead atoms. The van der Waals surface area contributed by atoms with Crippen LogP contribution in [0.2, 0.25) is 0 Å². The van der Waals surface area contributed by atoms with E-state index >= 15 is 0 Å². The van der Waals surface area contributed by atoms with Crippen molar-refractivity contribution in [3.63, 3.8) is 0 Å². The number of hydrogen-bond acceptors (Lipinski definition) is 1. The molecule has 1 aliphatic rings. The van der Waals surface area contributed by atoms with Gasteiger partial charge in [0.25, 0.3) is 0 Å². The third-order valence-corrected chi connectivity index (χ3v) is 12.0. The van der Waals surface area contributed by atoms with Crippen molar-refractivity contribution >= 4 is 32.7 Å². The zero-order valence-corrected chi connectivity index (χ0v) is 31.4. The van der Waals surface area contributed by atoms with Gasteiger partial charge in [-0.3, -0.25) is 0 Å². The lowest BCUT2D eigenvalue weighted by Gasteiger charge is -2.22. The number of furan rings is 1. The minimum atomic E-state index is -0.127. The van der Waals surface area contributed by atoms with Crippen LogP contribution in [0, 0.1) is 0 Å². The first-order valence-corrected chi connectivity index (χ1v) is 19.5. The van der Waals surface area contributed by atoms with Crippen LogP contribution in [0.1, 0.15) is 25.0 Å². The van der Waals surface area contributed by atoms with Gasteiger partial charge in [0, 0.05) is 27.3 Å². The first-order valence-electron chi connectivity index (χ1n) is 19.5. The Labute approximate surface area is 327 Å². The molecule has 0 atom stereocenters. The summed E-state index contributed by atoms with van der Waals surface area (Å²) in [6.45, 7) is 4.73. The molecule has 1 aromatic heterocycles. The second kappa shape index (κ2) is 12.5. The quantitative estimate of drug-likeness (QED) is 0.173. The van der Waals surface area contributed by atoms with E-state index in [1.807, 2.05) is 0 Å². The maximum Gasteiger partial charge on any atom is 0.144 e. The van der Waals surface area contributed by atoms with E-state index in [0.717, 1.165) is 33.1 Å². The Bertz CT molecular complexity index is 3070. The summed E-state index contributed by atoms with van der Waals surface area (Å²) in [4.78, 5) is 0. The molecule has 0 saturated carbocycles. The van der Waals surface area contributed by atoms with Crippen molar-refractivity contribution in [2.45, 2.75) is 19.3 Å². The van der Waals surface area contributed by atoms with Crippen LogP contribution in [0.3, 0.4) is 0 Å². The molecule has 0 amide bonds. The molecule has 1 aliphatic carbocycles. The molecule has 1 heterocycles. The largest absolute Gasteiger partial charge is 0.455 e. The van der Waals surface area contributed by atoms with Crippen LogP contribution >= 0.6 is 0 Å². The highest BCUT2D eigenvalue weighted by atomic mass is 16.3. The third kappa shape index (κ3) is 5.01. The second-order valence-electron chi connectivity index (χ2n) is 15.6. The first-order chi connectivity index (χ1) is 27.5. The van der Waals surface area contributed by atoms with E-state index in [2.05, 4.69) is 208 Å². The lowest BCUT2D eigenvalue weighted by atomic mass is 9.81. The Hall–Kier alpha value is -6.96. The summed E-state index contributed by atoms with van der Waals surface area (Å²) >= 11 is 0. The molecule has 10 aromatic rings. The zero-order valence-electron chi connectivity index (χ0n) is 31.4. The minimum absolute atomic E-state index is 0.127. The van der Waals surface area contributed by atoms with Gasteiger partial charge < -0.3 is 4.42 Å². The molecule has 1 heteroatoms. The molecule has 0 spiro atoms. The van der Waals surface area contributed by atoms with Crippen LogP contribution in [0.5, 0.6) is 0 Å². The molecule has 0 N–H and O–H groups in total. The highest BCUT2D eigenvalue weighted by molar-refractivity contribution is 6.27. The summed E-state index contributed by atoms with van der Waals surface area (Å²) in [5.74, 6) is 0. The summed E-state index contributed by atoms with van der Waals surface area (Å²) in [6.07, 6.45) is 0. The van der Waals surface area contributed by atoms with Gasteiger partial charge in [-0.2, -0.15) is 0 Å². The second-order valence-corrected chi connectivity index (χ2v) is 15.6. The highest BCUT2D eigenvalue weighted by Crippen LogP contribution is 2.53. The van der Waals surface area contributed by atoms with Gasteiger partial charge in [0.05, 0.1) is 0 Å². The van der Waals surface area contributed by atoms with Gasteiger partial charge in [-0.1, -0.05) is 172 Å². The van der Waals surface area contributed by atoms with Crippen LogP contribution in [0.4, 0.5) is 0 Å². The zero-order chi connectivity index (χ0) is 37.4. The van der Waals surface area contributed by atoms with Crippen molar-refractivity contribution < 1.29 is 4.42 Å². The van der Waals surface area contributed by atoms with Crippen molar-refractivity contribution in [1.82, 2.24) is 0 Å². The highest BCUT2D eigenvalue weighted by Gasteiger charge is 2.36. The van der Waals surface area contributed by atoms with Crippen LogP contribution in [0.25, 0.3) is 99.5 Å². The topological polar surface area (TPSA) is 13.1 Å². The predicted molar refractivity (Wildman–Crippen MR) is 236 cm³/mol. The molecule has 0 aliphatic heterocycles. The van der Waals surface area contributed by atoms with Gasteiger partial charge in [0.2, 0.25) is 0 Å². The van der Waals surface area contributed by atoms with E-state index in [0.29, 0.717) is 0 Å². The van der Waals surface area contributed by atoms with E-state index in [1.54, 1.807) is 0 Å². The third-order valence-electron chi connectivity index (χ3n) is 12.0. The molecule has 11 rings (SSSR count). The lowest BCUT2D eigenvalue weighted by Crippen LogP contribution is -2.15. The summed E-state index contributed by atoms with van der Waals surface area (Å²) in [5.41, 5.74) is 18.9. The molecule has 56 heavy (non-hydrogen) atoms. The number of fused-ring (bicyclic) bond motifs is 7. The Morgan fingerprint density at radius 3 is 1.50 bits per heavy atom. The Kier molecular flexibility index (Phi) is 7.28. The van der Waals surface area contributed by atoms with Gasteiger partial charge in [0.15, 0.2) is 0 Å². The molecule has 1 nitrogen and oxygen atoms in total. The molecular formula is C55H38O. The maximum absolute atomic E-state index is 7.04. The van der Waals surface area contributed by atoms with E-state index in [1.165, 1.54) is 77.5 Å². The van der Waals surface area contributed by atoms with Gasteiger partial charge in [-0.25, -0.2) is 0 Å². The van der Waals surface area contributed by atoms with Gasteiger partial charge in [0.1, 0.15) is 11.2 Å². The molecule has 0 radical (unpaired) electrons. The van der Waals surface area contributed by atoms with E-state index in [-0.39, 0.29) is 5.41 Å². The predicted octanol–water partition coefficient (Wildman–Crippen LogP) is 15.4. The fourth-order valence-corrected chi connectivity index (χ4v) is 9.32. The van der Waals surface area contributed by atoms with Crippen LogP contribution in [-0.2, 0) is 5.41 Å². The average molecular weight is 715 g/mol. The van der Waals surface area contributed by atoms with Crippen LogP contribution < -0.4 is 0 Å². The lowest BCUT2D eigenvalue weighted by molar-refractivity contribution is 0.660. The molecule has 264 valence electrons. The molecule has 0 saturated heterocycles. The molecule has 0 unspecified atom stereocenters. The fourth-order valence-electron chi connectivity index (χ4n) is 9.32. The van der Waals surface area contributed by atoms with Gasteiger partial charge in [-0.15, -0.1) is 0 Å². The Morgan fingerprint density at radius 1 is 0.339 bits per heavy atom. The smallest absolute Gasteiger partial charge is 0.144 e. The monoisotopic (exact) mass is 714 g/mol. The summed E-state index contributed by atoms with van der Waals surface area (Å²) in [7, 11) is 0. The minimum Gasteiger partial charge on any atom is -0.455 e. The molecule has 0 fully saturated rings. The van der Waals surface area contributed by atoms with Crippen LogP contribution in [0.15, 0.2) is 199 Å². The van der Waals surface area contributed by atoms with E-state index < -0.39 is 0 Å².